The van der Waals surface area contributed by atoms with Crippen LogP contribution in [0.4, 0.5) is 10.5 Å². The van der Waals surface area contributed by atoms with Crippen molar-refractivity contribution in [2.24, 2.45) is 0 Å². The Bertz CT molecular complexity index is 1220. The Labute approximate surface area is 200 Å². The number of amides is 2. The highest BCUT2D eigenvalue weighted by Gasteiger charge is 2.29. The van der Waals surface area contributed by atoms with Crippen molar-refractivity contribution >= 4 is 35.3 Å². The number of aliphatic hydroxyl groups is 1. The van der Waals surface area contributed by atoms with Crippen LogP contribution in [0.15, 0.2) is 66.7 Å². The van der Waals surface area contributed by atoms with E-state index in [0.29, 0.717) is 0 Å². The number of anilines is 1. The topological polar surface area (TPSA) is 125 Å². The third-order valence-corrected chi connectivity index (χ3v) is 5.75. The van der Waals surface area contributed by atoms with E-state index < -0.39 is 30.6 Å². The van der Waals surface area contributed by atoms with Gasteiger partial charge in [0, 0.05) is 22.2 Å². The summed E-state index contributed by atoms with van der Waals surface area (Å²) >= 11 is 6.07. The molecule has 0 saturated heterocycles. The molecule has 2 amide bonds. The van der Waals surface area contributed by atoms with E-state index in [-0.39, 0.29) is 28.8 Å². The van der Waals surface area contributed by atoms with E-state index in [1.54, 1.807) is 0 Å². The first-order valence-electron chi connectivity index (χ1n) is 10.4. The van der Waals surface area contributed by atoms with Crippen LogP contribution < -0.4 is 10.6 Å². The normalized spacial score (nSPS) is 12.9. The number of hydrogen-bond donors (Lipinski definition) is 4. The third kappa shape index (κ3) is 4.88. The molecule has 4 rings (SSSR count). The second-order valence-electron chi connectivity index (χ2n) is 7.73. The summed E-state index contributed by atoms with van der Waals surface area (Å²) in [7, 11) is 0. The van der Waals surface area contributed by atoms with E-state index in [4.69, 9.17) is 26.6 Å². The number of carboxylic acids is 1. The summed E-state index contributed by atoms with van der Waals surface area (Å²) in [6.45, 7) is -0.656. The Kier molecular flexibility index (Phi) is 6.81. The molecule has 0 bridgehead atoms. The highest BCUT2D eigenvalue weighted by Crippen LogP contribution is 2.44. The van der Waals surface area contributed by atoms with Crippen molar-refractivity contribution in [2.75, 3.05) is 18.5 Å². The van der Waals surface area contributed by atoms with E-state index in [9.17, 15) is 14.4 Å². The fourth-order valence-corrected chi connectivity index (χ4v) is 4.21. The molecule has 1 aliphatic rings. The number of rotatable bonds is 7. The van der Waals surface area contributed by atoms with Gasteiger partial charge in [0.25, 0.3) is 5.91 Å². The maximum absolute atomic E-state index is 12.5. The SMILES string of the molecule is O=C(Nc1cc(Cl)cc(C(=O)NC(CO)C(=O)O)c1)OCC1c2ccccc2-c2ccccc21. The average molecular weight is 481 g/mol. The van der Waals surface area contributed by atoms with Crippen molar-refractivity contribution in [3.63, 3.8) is 0 Å². The standard InChI is InChI=1S/C25H21ClN2O6/c26-15-9-14(23(30)28-22(12-29)24(31)32)10-16(11-15)27-25(33)34-13-21-19-7-3-1-5-17(19)18-6-2-4-8-20(18)21/h1-11,21-22,29H,12-13H2,(H,27,33)(H,28,30)(H,31,32). The van der Waals surface area contributed by atoms with Crippen LogP contribution >= 0.6 is 11.6 Å². The number of carbonyl (C=O) groups is 3. The molecule has 0 fully saturated rings. The Balaban J connectivity index is 1.44. The summed E-state index contributed by atoms with van der Waals surface area (Å²) in [5.74, 6) is -2.25. The van der Waals surface area contributed by atoms with E-state index in [1.807, 2.05) is 48.5 Å². The first-order chi connectivity index (χ1) is 16.4. The van der Waals surface area contributed by atoms with Crippen molar-refractivity contribution < 1.29 is 29.3 Å². The Morgan fingerprint density at radius 2 is 1.59 bits per heavy atom. The second-order valence-corrected chi connectivity index (χ2v) is 8.16. The molecule has 3 aromatic carbocycles. The van der Waals surface area contributed by atoms with Crippen molar-refractivity contribution in [3.05, 3.63) is 88.4 Å². The molecule has 34 heavy (non-hydrogen) atoms. The van der Waals surface area contributed by atoms with E-state index >= 15 is 0 Å². The summed E-state index contributed by atoms with van der Waals surface area (Å²) in [5, 5.41) is 23.0. The number of benzene rings is 3. The first kappa shape index (κ1) is 23.3. The second kappa shape index (κ2) is 9.94. The molecule has 0 spiro atoms. The largest absolute Gasteiger partial charge is 0.480 e. The van der Waals surface area contributed by atoms with Gasteiger partial charge in [0.15, 0.2) is 6.04 Å². The quantitative estimate of drug-likeness (QED) is 0.407. The molecule has 4 N–H and O–H groups in total. The molecular formula is C25H21ClN2O6. The van der Waals surface area contributed by atoms with Gasteiger partial charge in [-0.1, -0.05) is 60.1 Å². The van der Waals surface area contributed by atoms with Crippen LogP contribution in [-0.4, -0.2) is 47.4 Å². The van der Waals surface area contributed by atoms with Gasteiger partial charge in [-0.25, -0.2) is 9.59 Å². The number of carbonyl (C=O) groups excluding carboxylic acids is 2. The fraction of sp³-hybridized carbons (Fsp3) is 0.160. The number of aliphatic carboxylic acids is 1. The summed E-state index contributed by atoms with van der Waals surface area (Å²) in [5.41, 5.74) is 4.59. The number of aliphatic hydroxyl groups excluding tert-OH is 1. The number of ether oxygens (including phenoxy) is 1. The van der Waals surface area contributed by atoms with Gasteiger partial charge < -0.3 is 20.3 Å². The van der Waals surface area contributed by atoms with Gasteiger partial charge in [-0.05, 0) is 40.5 Å². The average Bonchev–Trinajstić information content (AvgIpc) is 3.14. The van der Waals surface area contributed by atoms with Gasteiger partial charge >= 0.3 is 12.1 Å². The zero-order valence-electron chi connectivity index (χ0n) is 17.8. The number of carboxylic acid groups (broad SMARTS) is 1. The van der Waals surface area contributed by atoms with Crippen molar-refractivity contribution in [3.8, 4) is 11.1 Å². The summed E-state index contributed by atoms with van der Waals surface area (Å²) in [6.07, 6.45) is -0.728. The molecule has 1 unspecified atom stereocenters. The van der Waals surface area contributed by atoms with Gasteiger partial charge in [0.1, 0.15) is 6.61 Å². The predicted molar refractivity (Wildman–Crippen MR) is 126 cm³/mol. The molecule has 1 aliphatic carbocycles. The van der Waals surface area contributed by atoms with Gasteiger partial charge in [0.2, 0.25) is 0 Å². The molecule has 8 nitrogen and oxygen atoms in total. The van der Waals surface area contributed by atoms with Crippen LogP contribution in [0, 0.1) is 0 Å². The molecule has 0 radical (unpaired) electrons. The minimum atomic E-state index is -1.47. The Morgan fingerprint density at radius 1 is 0.971 bits per heavy atom. The number of fused-ring (bicyclic) bond motifs is 3. The molecule has 0 aliphatic heterocycles. The Hall–Kier alpha value is -3.88. The molecule has 0 saturated carbocycles. The van der Waals surface area contributed by atoms with Crippen LogP contribution in [0.2, 0.25) is 5.02 Å². The molecule has 9 heteroatoms. The van der Waals surface area contributed by atoms with E-state index in [1.165, 1.54) is 18.2 Å². The lowest BCUT2D eigenvalue weighted by molar-refractivity contribution is -0.140. The summed E-state index contributed by atoms with van der Waals surface area (Å²) < 4.78 is 5.49. The summed E-state index contributed by atoms with van der Waals surface area (Å²) in [4.78, 5) is 35.9. The predicted octanol–water partition coefficient (Wildman–Crippen LogP) is 3.88. The number of nitrogens with one attached hydrogen (secondary N) is 2. The van der Waals surface area contributed by atoms with Crippen LogP contribution in [0.5, 0.6) is 0 Å². The third-order valence-electron chi connectivity index (χ3n) is 5.54. The molecule has 3 aromatic rings. The minimum Gasteiger partial charge on any atom is -0.480 e. The lowest BCUT2D eigenvalue weighted by atomic mass is 9.98. The van der Waals surface area contributed by atoms with Crippen molar-refractivity contribution in [1.82, 2.24) is 5.32 Å². The maximum atomic E-state index is 12.5. The van der Waals surface area contributed by atoms with Crippen molar-refractivity contribution in [2.45, 2.75) is 12.0 Å². The summed E-state index contributed by atoms with van der Waals surface area (Å²) in [6, 6.07) is 18.6. The number of halogens is 1. The van der Waals surface area contributed by atoms with Crippen LogP contribution in [0.25, 0.3) is 11.1 Å². The van der Waals surface area contributed by atoms with Crippen LogP contribution in [0.3, 0.4) is 0 Å². The lowest BCUT2D eigenvalue weighted by Gasteiger charge is -2.15. The van der Waals surface area contributed by atoms with Gasteiger partial charge in [0.05, 0.1) is 6.61 Å². The van der Waals surface area contributed by atoms with Crippen molar-refractivity contribution in [1.29, 1.82) is 0 Å². The molecular weight excluding hydrogens is 460 g/mol. The van der Waals surface area contributed by atoms with Gasteiger partial charge in [-0.2, -0.15) is 0 Å². The molecule has 174 valence electrons. The van der Waals surface area contributed by atoms with Crippen LogP contribution in [0.1, 0.15) is 27.4 Å². The lowest BCUT2D eigenvalue weighted by Crippen LogP contribution is -2.43. The molecule has 0 heterocycles. The van der Waals surface area contributed by atoms with Crippen LogP contribution in [-0.2, 0) is 9.53 Å². The fourth-order valence-electron chi connectivity index (χ4n) is 3.97. The molecule has 0 aromatic heterocycles. The molecule has 1 atom stereocenters. The van der Waals surface area contributed by atoms with E-state index in [2.05, 4.69) is 10.6 Å². The van der Waals surface area contributed by atoms with E-state index in [0.717, 1.165) is 22.3 Å². The number of hydrogen-bond acceptors (Lipinski definition) is 5. The monoisotopic (exact) mass is 480 g/mol. The smallest absolute Gasteiger partial charge is 0.411 e. The highest BCUT2D eigenvalue weighted by molar-refractivity contribution is 6.31. The zero-order valence-corrected chi connectivity index (χ0v) is 18.6. The minimum absolute atomic E-state index is 0.0150. The van der Waals surface area contributed by atoms with Gasteiger partial charge in [-0.15, -0.1) is 0 Å². The zero-order chi connectivity index (χ0) is 24.2. The van der Waals surface area contributed by atoms with Gasteiger partial charge in [-0.3, -0.25) is 10.1 Å². The first-order valence-corrected chi connectivity index (χ1v) is 10.8. The highest BCUT2D eigenvalue weighted by atomic mass is 35.5. The Morgan fingerprint density at radius 3 is 2.18 bits per heavy atom. The maximum Gasteiger partial charge on any atom is 0.411 e.